The van der Waals surface area contributed by atoms with Crippen molar-refractivity contribution in [1.29, 1.82) is 0 Å². The molecule has 0 radical (unpaired) electrons. The largest absolute Gasteiger partial charge is 0.469 e. The Bertz CT molecular complexity index is 493. The van der Waals surface area contributed by atoms with Crippen LogP contribution < -0.4 is 5.32 Å². The summed E-state index contributed by atoms with van der Waals surface area (Å²) in [6.07, 6.45) is 2.30. The zero-order valence-electron chi connectivity index (χ0n) is 9.64. The van der Waals surface area contributed by atoms with E-state index in [1.165, 1.54) is 0 Å². The van der Waals surface area contributed by atoms with Gasteiger partial charge in [-0.15, -0.1) is 5.10 Å². The number of aryl methyl sites for hydroxylation is 1. The second-order valence-corrected chi connectivity index (χ2v) is 4.60. The fourth-order valence-corrected chi connectivity index (χ4v) is 2.07. The minimum atomic E-state index is -0.128. The van der Waals surface area contributed by atoms with Gasteiger partial charge in [-0.05, 0) is 37.5 Å². The molecule has 0 bridgehead atoms. The van der Waals surface area contributed by atoms with Crippen molar-refractivity contribution in [1.82, 2.24) is 14.9 Å². The first kappa shape index (κ1) is 11.8. The number of nitrogens with one attached hydrogen (secondary N) is 1. The summed E-state index contributed by atoms with van der Waals surface area (Å²) in [5, 5.41) is 6.70. The van der Waals surface area contributed by atoms with Crippen LogP contribution in [0.5, 0.6) is 0 Å². The topological polar surface area (TPSA) is 68.0 Å². The van der Waals surface area contributed by atoms with E-state index in [0.29, 0.717) is 17.0 Å². The predicted octanol–water partition coefficient (Wildman–Crippen LogP) is 1.80. The number of carbonyl (C=O) groups is 1. The quantitative estimate of drug-likeness (QED) is 0.899. The lowest BCUT2D eigenvalue weighted by Gasteiger charge is -2.11. The molecule has 0 saturated carbocycles. The van der Waals surface area contributed by atoms with Gasteiger partial charge in [0.05, 0.1) is 12.0 Å². The third kappa shape index (κ3) is 2.91. The Labute approximate surface area is 103 Å². The van der Waals surface area contributed by atoms with Crippen LogP contribution in [-0.2, 0) is 6.42 Å². The summed E-state index contributed by atoms with van der Waals surface area (Å²) in [5.74, 6) is 0.730. The Balaban J connectivity index is 1.93. The van der Waals surface area contributed by atoms with Gasteiger partial charge >= 0.3 is 0 Å². The highest BCUT2D eigenvalue weighted by Gasteiger charge is 2.16. The van der Waals surface area contributed by atoms with Gasteiger partial charge in [0.25, 0.3) is 5.91 Å². The summed E-state index contributed by atoms with van der Waals surface area (Å²) in [7, 11) is 0. The molecule has 0 saturated heterocycles. The summed E-state index contributed by atoms with van der Waals surface area (Å²) >= 11 is 1.11. The molecule has 6 heteroatoms. The Morgan fingerprint density at radius 2 is 2.47 bits per heavy atom. The number of hydrogen-bond acceptors (Lipinski definition) is 5. The van der Waals surface area contributed by atoms with Crippen molar-refractivity contribution in [2.24, 2.45) is 0 Å². The van der Waals surface area contributed by atoms with Crippen LogP contribution >= 0.6 is 11.5 Å². The molecule has 2 heterocycles. The van der Waals surface area contributed by atoms with E-state index in [4.69, 9.17) is 4.42 Å². The number of carbonyl (C=O) groups excluding carboxylic acids is 1. The highest BCUT2D eigenvalue weighted by molar-refractivity contribution is 7.07. The van der Waals surface area contributed by atoms with Crippen molar-refractivity contribution in [3.8, 4) is 0 Å². The molecule has 0 aromatic carbocycles. The van der Waals surface area contributed by atoms with Crippen LogP contribution in [-0.4, -0.2) is 21.5 Å². The molecule has 5 nitrogen and oxygen atoms in total. The SMILES string of the molecule is Cc1nnsc1C(=O)N[C@H](C)Cc1ccco1. The van der Waals surface area contributed by atoms with Crippen LogP contribution in [0.15, 0.2) is 22.8 Å². The maximum absolute atomic E-state index is 11.9. The lowest BCUT2D eigenvalue weighted by Crippen LogP contribution is -2.33. The second-order valence-electron chi connectivity index (χ2n) is 3.85. The van der Waals surface area contributed by atoms with Gasteiger partial charge in [-0.2, -0.15) is 0 Å². The van der Waals surface area contributed by atoms with Crippen LogP contribution in [0, 0.1) is 6.92 Å². The molecule has 2 rings (SSSR count). The van der Waals surface area contributed by atoms with Gasteiger partial charge in [0.15, 0.2) is 0 Å². The predicted molar refractivity (Wildman–Crippen MR) is 64.0 cm³/mol. The van der Waals surface area contributed by atoms with Gasteiger partial charge in [-0.3, -0.25) is 4.79 Å². The Hall–Kier alpha value is -1.69. The molecular weight excluding hydrogens is 238 g/mol. The maximum atomic E-state index is 11.9. The van der Waals surface area contributed by atoms with Gasteiger partial charge in [0.2, 0.25) is 0 Å². The minimum Gasteiger partial charge on any atom is -0.469 e. The van der Waals surface area contributed by atoms with Gasteiger partial charge in [-0.1, -0.05) is 4.49 Å². The van der Waals surface area contributed by atoms with Crippen molar-refractivity contribution < 1.29 is 9.21 Å². The first-order valence-electron chi connectivity index (χ1n) is 5.29. The van der Waals surface area contributed by atoms with E-state index in [1.54, 1.807) is 13.2 Å². The number of furan rings is 1. The van der Waals surface area contributed by atoms with Crippen molar-refractivity contribution >= 4 is 17.4 Å². The zero-order valence-corrected chi connectivity index (χ0v) is 10.5. The Morgan fingerprint density at radius 1 is 1.65 bits per heavy atom. The second kappa shape index (κ2) is 5.09. The standard InChI is InChI=1S/C11H13N3O2S/c1-7(6-9-4-3-5-16-9)12-11(15)10-8(2)13-14-17-10/h3-5,7H,6H2,1-2H3,(H,12,15)/t7-/m1/s1. The first-order valence-corrected chi connectivity index (χ1v) is 6.06. The molecule has 0 unspecified atom stereocenters. The van der Waals surface area contributed by atoms with E-state index >= 15 is 0 Å². The highest BCUT2D eigenvalue weighted by Crippen LogP contribution is 2.10. The van der Waals surface area contributed by atoms with Gasteiger partial charge in [0.1, 0.15) is 10.6 Å². The van der Waals surface area contributed by atoms with E-state index in [-0.39, 0.29) is 11.9 Å². The Morgan fingerprint density at radius 3 is 3.06 bits per heavy atom. The molecule has 1 amide bonds. The number of nitrogens with zero attached hydrogens (tertiary/aromatic N) is 2. The summed E-state index contributed by atoms with van der Waals surface area (Å²) in [5.41, 5.74) is 0.665. The monoisotopic (exact) mass is 251 g/mol. The van der Waals surface area contributed by atoms with E-state index in [2.05, 4.69) is 14.9 Å². The molecule has 0 aliphatic carbocycles. The molecule has 0 spiro atoms. The van der Waals surface area contributed by atoms with E-state index in [0.717, 1.165) is 17.3 Å². The van der Waals surface area contributed by atoms with Gasteiger partial charge in [0, 0.05) is 12.5 Å². The average Bonchev–Trinajstić information content (AvgIpc) is 2.88. The van der Waals surface area contributed by atoms with Crippen molar-refractivity contribution in [2.45, 2.75) is 26.3 Å². The lowest BCUT2D eigenvalue weighted by molar-refractivity contribution is 0.0942. The number of rotatable bonds is 4. The molecule has 2 aromatic rings. The van der Waals surface area contributed by atoms with Crippen LogP contribution in [0.1, 0.15) is 28.0 Å². The molecule has 90 valence electrons. The van der Waals surface area contributed by atoms with E-state index < -0.39 is 0 Å². The Kier molecular flexibility index (Phi) is 3.53. The normalized spacial score (nSPS) is 12.4. The van der Waals surface area contributed by atoms with Crippen LogP contribution in [0.4, 0.5) is 0 Å². The average molecular weight is 251 g/mol. The number of amides is 1. The summed E-state index contributed by atoms with van der Waals surface area (Å²) in [6, 6.07) is 3.73. The zero-order chi connectivity index (χ0) is 12.3. The molecule has 17 heavy (non-hydrogen) atoms. The molecule has 1 N–H and O–H groups in total. The number of aromatic nitrogens is 2. The molecule has 1 atom stereocenters. The van der Waals surface area contributed by atoms with Crippen molar-refractivity contribution in [3.05, 3.63) is 34.7 Å². The maximum Gasteiger partial charge on any atom is 0.265 e. The fraction of sp³-hybridized carbons (Fsp3) is 0.364. The van der Waals surface area contributed by atoms with E-state index in [1.807, 2.05) is 19.1 Å². The van der Waals surface area contributed by atoms with Crippen LogP contribution in [0.25, 0.3) is 0 Å². The molecule has 0 aliphatic rings. The third-order valence-electron chi connectivity index (χ3n) is 2.32. The summed E-state index contributed by atoms with van der Waals surface area (Å²) in [6.45, 7) is 3.71. The minimum absolute atomic E-state index is 0.00940. The van der Waals surface area contributed by atoms with Crippen LogP contribution in [0.2, 0.25) is 0 Å². The highest BCUT2D eigenvalue weighted by atomic mass is 32.1. The van der Waals surface area contributed by atoms with Crippen molar-refractivity contribution in [3.63, 3.8) is 0 Å². The summed E-state index contributed by atoms with van der Waals surface area (Å²) < 4.78 is 8.96. The summed E-state index contributed by atoms with van der Waals surface area (Å²) in [4.78, 5) is 12.4. The number of hydrogen-bond donors (Lipinski definition) is 1. The first-order chi connectivity index (χ1) is 8.16. The molecule has 0 fully saturated rings. The third-order valence-corrected chi connectivity index (χ3v) is 3.15. The molecular formula is C11H13N3O2S. The van der Waals surface area contributed by atoms with Crippen LogP contribution in [0.3, 0.4) is 0 Å². The lowest BCUT2D eigenvalue weighted by atomic mass is 10.2. The fourth-order valence-electron chi connectivity index (χ4n) is 1.51. The van der Waals surface area contributed by atoms with Crippen molar-refractivity contribution in [2.75, 3.05) is 0 Å². The van der Waals surface area contributed by atoms with Gasteiger partial charge in [-0.25, -0.2) is 0 Å². The molecule has 0 aliphatic heterocycles. The van der Waals surface area contributed by atoms with Gasteiger partial charge < -0.3 is 9.73 Å². The molecule has 2 aromatic heterocycles. The van der Waals surface area contributed by atoms with E-state index in [9.17, 15) is 4.79 Å². The smallest absolute Gasteiger partial charge is 0.265 e.